The average Bonchev–Trinajstić information content (AvgIpc) is 2.90. The van der Waals surface area contributed by atoms with Gasteiger partial charge in [-0.25, -0.2) is 18.4 Å². The third-order valence-corrected chi connectivity index (χ3v) is 6.07. The molecule has 9 heteroatoms. The van der Waals surface area contributed by atoms with Crippen molar-refractivity contribution in [1.29, 1.82) is 0 Å². The van der Waals surface area contributed by atoms with E-state index >= 15 is 0 Å². The van der Waals surface area contributed by atoms with E-state index in [1.54, 1.807) is 12.1 Å². The number of nitrogens with one attached hydrogen (secondary N) is 2. The minimum Gasteiger partial charge on any atom is -0.365 e. The molecule has 0 saturated carbocycles. The number of rotatable bonds is 4. The quantitative estimate of drug-likeness (QED) is 0.843. The minimum atomic E-state index is -2.96. The summed E-state index contributed by atoms with van der Waals surface area (Å²) in [6, 6.07) is 5.06. The predicted molar refractivity (Wildman–Crippen MR) is 96.9 cm³/mol. The lowest BCUT2D eigenvalue weighted by Crippen LogP contribution is -2.22. The van der Waals surface area contributed by atoms with E-state index in [1.807, 2.05) is 13.0 Å². The summed E-state index contributed by atoms with van der Waals surface area (Å²) in [4.78, 5) is 20.4. The molecular weight excluding hydrogens is 364 g/mol. The normalized spacial score (nSPS) is 18.7. The van der Waals surface area contributed by atoms with Crippen molar-refractivity contribution in [2.75, 3.05) is 22.1 Å². The monoisotopic (exact) mass is 380 g/mol. The molecule has 0 bridgehead atoms. The molecular formula is C16H17ClN4O3S. The molecule has 2 aromatic rings. The molecule has 0 aliphatic carbocycles. The fourth-order valence-electron chi connectivity index (χ4n) is 2.50. The van der Waals surface area contributed by atoms with Gasteiger partial charge in [0, 0.05) is 16.8 Å². The summed E-state index contributed by atoms with van der Waals surface area (Å²) in [7, 11) is -2.96. The largest absolute Gasteiger partial charge is 0.365 e. The van der Waals surface area contributed by atoms with Gasteiger partial charge in [0.25, 0.3) is 5.91 Å². The first kappa shape index (κ1) is 17.6. The van der Waals surface area contributed by atoms with Gasteiger partial charge in [0.15, 0.2) is 9.84 Å². The maximum absolute atomic E-state index is 12.2. The highest BCUT2D eigenvalue weighted by Crippen LogP contribution is 2.20. The Morgan fingerprint density at radius 1 is 1.28 bits per heavy atom. The first-order chi connectivity index (χ1) is 11.8. The van der Waals surface area contributed by atoms with E-state index in [1.165, 1.54) is 12.4 Å². The maximum atomic E-state index is 12.2. The second-order valence-corrected chi connectivity index (χ2v) is 8.59. The topological polar surface area (TPSA) is 101 Å². The fraction of sp³-hybridized carbons (Fsp3) is 0.312. The van der Waals surface area contributed by atoms with Crippen molar-refractivity contribution < 1.29 is 13.2 Å². The Morgan fingerprint density at radius 3 is 2.68 bits per heavy atom. The molecule has 0 spiro atoms. The van der Waals surface area contributed by atoms with Gasteiger partial charge in [-0.3, -0.25) is 4.79 Å². The summed E-state index contributed by atoms with van der Waals surface area (Å²) in [5.41, 5.74) is 1.64. The van der Waals surface area contributed by atoms with Crippen LogP contribution < -0.4 is 10.6 Å². The van der Waals surface area contributed by atoms with E-state index in [2.05, 4.69) is 20.6 Å². The zero-order valence-corrected chi connectivity index (χ0v) is 15.1. The van der Waals surface area contributed by atoms with Crippen LogP contribution in [-0.4, -0.2) is 41.8 Å². The molecule has 1 saturated heterocycles. The van der Waals surface area contributed by atoms with Crippen LogP contribution in [0, 0.1) is 6.92 Å². The molecule has 25 heavy (non-hydrogen) atoms. The second-order valence-electron chi connectivity index (χ2n) is 5.95. The summed E-state index contributed by atoms with van der Waals surface area (Å²) in [5, 5.41) is 6.29. The zero-order chi connectivity index (χ0) is 18.0. The third kappa shape index (κ3) is 4.46. The molecule has 2 heterocycles. The fourth-order valence-corrected chi connectivity index (χ4v) is 4.36. The number of hydrogen-bond acceptors (Lipinski definition) is 6. The molecule has 1 unspecified atom stereocenters. The van der Waals surface area contributed by atoms with Crippen LogP contribution in [0.3, 0.4) is 0 Å². The van der Waals surface area contributed by atoms with Crippen molar-refractivity contribution in [2.24, 2.45) is 0 Å². The van der Waals surface area contributed by atoms with Gasteiger partial charge >= 0.3 is 0 Å². The lowest BCUT2D eigenvalue weighted by atomic mass is 10.2. The van der Waals surface area contributed by atoms with Crippen LogP contribution in [0.1, 0.15) is 22.5 Å². The number of benzene rings is 1. The molecule has 1 amide bonds. The SMILES string of the molecule is Cc1ccc(NC(=O)c2cnc(NC3CCS(=O)(=O)C3)cn2)cc1Cl. The Hall–Kier alpha value is -2.19. The minimum absolute atomic E-state index is 0.0884. The van der Waals surface area contributed by atoms with Crippen LogP contribution in [0.2, 0.25) is 5.02 Å². The number of nitrogens with zero attached hydrogens (tertiary/aromatic N) is 2. The van der Waals surface area contributed by atoms with Crippen LogP contribution >= 0.6 is 11.6 Å². The molecule has 1 atom stereocenters. The van der Waals surface area contributed by atoms with E-state index < -0.39 is 15.7 Å². The molecule has 1 aromatic carbocycles. The summed E-state index contributed by atoms with van der Waals surface area (Å²) in [6.07, 6.45) is 3.30. The molecule has 3 rings (SSSR count). The number of halogens is 1. The third-order valence-electron chi connectivity index (χ3n) is 3.90. The number of hydrogen-bond donors (Lipinski definition) is 2. The Bertz CT molecular complexity index is 900. The molecule has 0 radical (unpaired) electrons. The molecule has 7 nitrogen and oxygen atoms in total. The van der Waals surface area contributed by atoms with Gasteiger partial charge in [-0.2, -0.15) is 0 Å². The van der Waals surface area contributed by atoms with Crippen LogP contribution in [0.4, 0.5) is 11.5 Å². The Labute approximate surface area is 150 Å². The maximum Gasteiger partial charge on any atom is 0.275 e. The van der Waals surface area contributed by atoms with Gasteiger partial charge < -0.3 is 10.6 Å². The van der Waals surface area contributed by atoms with Gasteiger partial charge in [-0.05, 0) is 31.0 Å². The summed E-state index contributed by atoms with van der Waals surface area (Å²) >= 11 is 6.03. The van der Waals surface area contributed by atoms with Crippen LogP contribution in [0.15, 0.2) is 30.6 Å². The predicted octanol–water partition coefficient (Wildman–Crippen LogP) is 2.29. The first-order valence-corrected chi connectivity index (χ1v) is 9.89. The van der Waals surface area contributed by atoms with Crippen molar-refractivity contribution >= 4 is 38.9 Å². The van der Waals surface area contributed by atoms with E-state index in [9.17, 15) is 13.2 Å². The molecule has 132 valence electrons. The van der Waals surface area contributed by atoms with Gasteiger partial charge in [0.2, 0.25) is 0 Å². The standard InChI is InChI=1S/C16H17ClN4O3S/c1-10-2-3-11(6-13(10)17)21-16(22)14-7-19-15(8-18-14)20-12-4-5-25(23,24)9-12/h2-3,6-8,12H,4-5,9H2,1H3,(H,19,20)(H,21,22). The Morgan fingerprint density at radius 2 is 2.08 bits per heavy atom. The van der Waals surface area contributed by atoms with Gasteiger partial charge in [-0.15, -0.1) is 0 Å². The highest BCUT2D eigenvalue weighted by molar-refractivity contribution is 7.91. The number of aromatic nitrogens is 2. The van der Waals surface area contributed by atoms with E-state index in [-0.39, 0.29) is 23.2 Å². The van der Waals surface area contributed by atoms with Crippen LogP contribution in [-0.2, 0) is 9.84 Å². The number of anilines is 2. The van der Waals surface area contributed by atoms with Crippen LogP contribution in [0.5, 0.6) is 0 Å². The average molecular weight is 381 g/mol. The molecule has 1 aromatic heterocycles. The lowest BCUT2D eigenvalue weighted by Gasteiger charge is -2.11. The highest BCUT2D eigenvalue weighted by Gasteiger charge is 2.28. The van der Waals surface area contributed by atoms with Gasteiger partial charge in [0.05, 0.1) is 23.9 Å². The summed E-state index contributed by atoms with van der Waals surface area (Å²) in [5.74, 6) is 0.308. The number of aryl methyl sites for hydroxylation is 1. The lowest BCUT2D eigenvalue weighted by molar-refractivity contribution is 0.102. The van der Waals surface area contributed by atoms with Crippen LogP contribution in [0.25, 0.3) is 0 Å². The number of sulfone groups is 1. The number of carbonyl (C=O) groups excluding carboxylic acids is 1. The van der Waals surface area contributed by atoms with Gasteiger partial charge in [-0.1, -0.05) is 17.7 Å². The molecule has 1 aliphatic rings. The van der Waals surface area contributed by atoms with Crippen molar-refractivity contribution in [1.82, 2.24) is 9.97 Å². The Balaban J connectivity index is 1.63. The highest BCUT2D eigenvalue weighted by atomic mass is 35.5. The summed E-state index contributed by atoms with van der Waals surface area (Å²) < 4.78 is 22.9. The number of carbonyl (C=O) groups is 1. The molecule has 2 N–H and O–H groups in total. The smallest absolute Gasteiger partial charge is 0.275 e. The van der Waals surface area contributed by atoms with E-state index in [0.29, 0.717) is 22.9 Å². The molecule has 1 fully saturated rings. The van der Waals surface area contributed by atoms with E-state index in [4.69, 9.17) is 11.6 Å². The van der Waals surface area contributed by atoms with Crippen molar-refractivity contribution in [3.8, 4) is 0 Å². The number of amides is 1. The van der Waals surface area contributed by atoms with Crippen molar-refractivity contribution in [3.05, 3.63) is 46.9 Å². The summed E-state index contributed by atoms with van der Waals surface area (Å²) in [6.45, 7) is 1.88. The van der Waals surface area contributed by atoms with Crippen molar-refractivity contribution in [3.63, 3.8) is 0 Å². The van der Waals surface area contributed by atoms with Gasteiger partial charge in [0.1, 0.15) is 11.5 Å². The molecule has 1 aliphatic heterocycles. The second kappa shape index (κ2) is 6.97. The first-order valence-electron chi connectivity index (χ1n) is 7.69. The Kier molecular flexibility index (Phi) is 4.91. The zero-order valence-electron chi connectivity index (χ0n) is 13.5. The van der Waals surface area contributed by atoms with E-state index in [0.717, 1.165) is 5.56 Å². The van der Waals surface area contributed by atoms with Crippen molar-refractivity contribution in [2.45, 2.75) is 19.4 Å².